The van der Waals surface area contributed by atoms with Gasteiger partial charge in [0.1, 0.15) is 5.75 Å². The molecular weight excluding hydrogens is 282 g/mol. The van der Waals surface area contributed by atoms with Gasteiger partial charge in [-0.1, -0.05) is 6.07 Å². The topological polar surface area (TPSA) is 118 Å². The second-order valence-electron chi connectivity index (χ2n) is 3.63. The van der Waals surface area contributed by atoms with E-state index in [9.17, 15) is 26.7 Å². The Bertz CT molecular complexity index is 662. The van der Waals surface area contributed by atoms with Crippen LogP contribution in [0.4, 0.5) is 0 Å². The molecule has 0 bridgehead atoms. The Morgan fingerprint density at radius 1 is 1.28 bits per heavy atom. The van der Waals surface area contributed by atoms with Crippen molar-refractivity contribution < 1.29 is 26.7 Å². The molecule has 0 aliphatic heterocycles. The van der Waals surface area contributed by atoms with Crippen molar-refractivity contribution in [3.05, 3.63) is 29.3 Å². The number of hydrogen-bond donors (Lipinski definition) is 2. The average Bonchev–Trinajstić information content (AvgIpc) is 2.16. The monoisotopic (exact) mass is 293 g/mol. The summed E-state index contributed by atoms with van der Waals surface area (Å²) in [6, 6.07) is 3.61. The van der Waals surface area contributed by atoms with Gasteiger partial charge in [-0.15, -0.1) is 4.13 Å². The zero-order valence-electron chi connectivity index (χ0n) is 9.32. The normalized spacial score (nSPS) is 12.3. The number of sulfonamides is 2. The SMILES string of the molecule is CS(=O)(=O)NS(=O)(=O)Cc1ccc(O)c(C=O)c1. The predicted octanol–water partition coefficient (Wildman–Crippen LogP) is -0.416. The van der Waals surface area contributed by atoms with E-state index in [1.54, 1.807) is 0 Å². The Hall–Kier alpha value is -1.45. The van der Waals surface area contributed by atoms with Crippen LogP contribution >= 0.6 is 0 Å². The first kappa shape index (κ1) is 14.6. The van der Waals surface area contributed by atoms with E-state index in [0.29, 0.717) is 6.29 Å². The van der Waals surface area contributed by atoms with Crippen molar-refractivity contribution in [2.24, 2.45) is 0 Å². The highest BCUT2D eigenvalue weighted by Gasteiger charge is 2.17. The molecule has 0 aliphatic rings. The van der Waals surface area contributed by atoms with Crippen LogP contribution in [0.5, 0.6) is 5.75 Å². The van der Waals surface area contributed by atoms with Gasteiger partial charge in [0.05, 0.1) is 17.6 Å². The molecule has 0 amide bonds. The average molecular weight is 293 g/mol. The van der Waals surface area contributed by atoms with Gasteiger partial charge in [-0.3, -0.25) is 4.79 Å². The van der Waals surface area contributed by atoms with Gasteiger partial charge in [0.2, 0.25) is 20.0 Å². The van der Waals surface area contributed by atoms with Crippen LogP contribution in [0.15, 0.2) is 18.2 Å². The molecule has 0 saturated heterocycles. The standard InChI is InChI=1S/C9H11NO6S2/c1-17(13,14)10-18(15,16)6-7-2-3-9(12)8(4-7)5-11/h2-5,10,12H,6H2,1H3. The van der Waals surface area contributed by atoms with E-state index in [2.05, 4.69) is 0 Å². The van der Waals surface area contributed by atoms with E-state index in [1.165, 1.54) is 16.3 Å². The van der Waals surface area contributed by atoms with E-state index < -0.39 is 25.8 Å². The molecule has 0 aliphatic carbocycles. The first-order valence-electron chi connectivity index (χ1n) is 4.61. The summed E-state index contributed by atoms with van der Waals surface area (Å²) in [6.07, 6.45) is 1.09. The third-order valence-electron chi connectivity index (χ3n) is 1.85. The summed E-state index contributed by atoms with van der Waals surface area (Å²) in [7, 11) is -7.95. The number of benzene rings is 1. The lowest BCUT2D eigenvalue weighted by Gasteiger charge is -2.06. The fourth-order valence-corrected chi connectivity index (χ4v) is 3.97. The van der Waals surface area contributed by atoms with Crippen LogP contribution in [0.1, 0.15) is 15.9 Å². The minimum absolute atomic E-state index is 0.0675. The Balaban J connectivity index is 3.02. The molecule has 100 valence electrons. The highest BCUT2D eigenvalue weighted by molar-refractivity contribution is 8.04. The molecule has 1 aromatic rings. The number of phenols is 1. The van der Waals surface area contributed by atoms with E-state index >= 15 is 0 Å². The van der Waals surface area contributed by atoms with E-state index in [1.807, 2.05) is 0 Å². The van der Waals surface area contributed by atoms with E-state index in [4.69, 9.17) is 0 Å². The predicted molar refractivity (Wildman–Crippen MR) is 64.1 cm³/mol. The smallest absolute Gasteiger partial charge is 0.228 e. The molecule has 0 unspecified atom stereocenters. The quantitative estimate of drug-likeness (QED) is 0.712. The summed E-state index contributed by atoms with van der Waals surface area (Å²) >= 11 is 0. The summed E-state index contributed by atoms with van der Waals surface area (Å²) < 4.78 is 46.1. The van der Waals surface area contributed by atoms with Crippen molar-refractivity contribution in [1.29, 1.82) is 0 Å². The fourth-order valence-electron chi connectivity index (χ4n) is 1.27. The van der Waals surface area contributed by atoms with Gasteiger partial charge in [-0.05, 0) is 17.7 Å². The molecule has 0 heterocycles. The third-order valence-corrected chi connectivity index (χ3v) is 4.79. The zero-order chi connectivity index (χ0) is 14.0. The zero-order valence-corrected chi connectivity index (χ0v) is 11.0. The van der Waals surface area contributed by atoms with Gasteiger partial charge < -0.3 is 5.11 Å². The fraction of sp³-hybridized carbons (Fsp3) is 0.222. The number of aldehydes is 1. The van der Waals surface area contributed by atoms with Crippen LogP contribution in [-0.4, -0.2) is 34.5 Å². The number of carbonyl (C=O) groups excluding carboxylic acids is 1. The molecule has 0 fully saturated rings. The molecule has 18 heavy (non-hydrogen) atoms. The number of rotatable bonds is 5. The number of carbonyl (C=O) groups is 1. The van der Waals surface area contributed by atoms with Crippen molar-refractivity contribution in [2.75, 3.05) is 6.26 Å². The van der Waals surface area contributed by atoms with Crippen molar-refractivity contribution in [3.8, 4) is 5.75 Å². The van der Waals surface area contributed by atoms with Gasteiger partial charge in [-0.25, -0.2) is 16.8 Å². The minimum atomic E-state index is -4.07. The number of hydrogen-bond acceptors (Lipinski definition) is 6. The Labute approximate surface area is 105 Å². The molecule has 9 heteroatoms. The Morgan fingerprint density at radius 2 is 1.89 bits per heavy atom. The van der Waals surface area contributed by atoms with Crippen LogP contribution in [-0.2, 0) is 25.8 Å². The molecule has 0 saturated carbocycles. The molecule has 2 N–H and O–H groups in total. The molecule has 1 aromatic carbocycles. The minimum Gasteiger partial charge on any atom is -0.507 e. The molecule has 0 atom stereocenters. The first-order valence-corrected chi connectivity index (χ1v) is 8.16. The van der Waals surface area contributed by atoms with Crippen LogP contribution in [0.2, 0.25) is 0 Å². The molecule has 0 radical (unpaired) electrons. The van der Waals surface area contributed by atoms with Crippen molar-refractivity contribution >= 4 is 26.3 Å². The maximum absolute atomic E-state index is 11.5. The highest BCUT2D eigenvalue weighted by atomic mass is 32.3. The molecule has 7 nitrogen and oxygen atoms in total. The summed E-state index contributed by atoms with van der Waals surface area (Å²) in [5.74, 6) is -0.886. The first-order chi connectivity index (χ1) is 8.13. The summed E-state index contributed by atoms with van der Waals surface area (Å²) in [5, 5.41) is 9.23. The third kappa shape index (κ3) is 4.43. The van der Waals surface area contributed by atoms with E-state index in [-0.39, 0.29) is 16.9 Å². The van der Waals surface area contributed by atoms with Gasteiger partial charge in [-0.2, -0.15) is 0 Å². The Morgan fingerprint density at radius 3 is 2.39 bits per heavy atom. The lowest BCUT2D eigenvalue weighted by molar-refractivity contribution is 0.112. The Kier molecular flexibility index (Phi) is 4.09. The van der Waals surface area contributed by atoms with Gasteiger partial charge in [0, 0.05) is 0 Å². The van der Waals surface area contributed by atoms with Gasteiger partial charge in [0.25, 0.3) is 0 Å². The summed E-state index contributed by atoms with van der Waals surface area (Å²) in [6.45, 7) is 0. The molecule has 0 aromatic heterocycles. The van der Waals surface area contributed by atoms with Gasteiger partial charge in [0.15, 0.2) is 6.29 Å². The van der Waals surface area contributed by atoms with Gasteiger partial charge >= 0.3 is 0 Å². The maximum atomic E-state index is 11.5. The second kappa shape index (κ2) is 5.04. The van der Waals surface area contributed by atoms with Crippen molar-refractivity contribution in [2.45, 2.75) is 5.75 Å². The van der Waals surface area contributed by atoms with Crippen LogP contribution in [0.3, 0.4) is 0 Å². The van der Waals surface area contributed by atoms with Crippen LogP contribution in [0.25, 0.3) is 0 Å². The maximum Gasteiger partial charge on any atom is 0.228 e. The van der Waals surface area contributed by atoms with Crippen LogP contribution in [0, 0.1) is 0 Å². The van der Waals surface area contributed by atoms with Crippen molar-refractivity contribution in [3.63, 3.8) is 0 Å². The highest BCUT2D eigenvalue weighted by Crippen LogP contribution is 2.17. The molecular formula is C9H11NO6S2. The van der Waals surface area contributed by atoms with E-state index in [0.717, 1.165) is 12.3 Å². The summed E-state index contributed by atoms with van der Waals surface area (Å²) in [5.41, 5.74) is 0.119. The van der Waals surface area contributed by atoms with Crippen molar-refractivity contribution in [1.82, 2.24) is 4.13 Å². The van der Waals surface area contributed by atoms with Crippen LogP contribution < -0.4 is 4.13 Å². The molecule has 1 rings (SSSR count). The second-order valence-corrected chi connectivity index (χ2v) is 7.35. The number of phenolic OH excluding ortho intramolecular Hbond substituents is 1. The largest absolute Gasteiger partial charge is 0.507 e. The molecule has 0 spiro atoms. The number of nitrogens with one attached hydrogen (secondary N) is 1. The summed E-state index contributed by atoms with van der Waals surface area (Å²) in [4.78, 5) is 10.6. The lowest BCUT2D eigenvalue weighted by atomic mass is 10.1. The number of aromatic hydroxyl groups is 1. The lowest BCUT2D eigenvalue weighted by Crippen LogP contribution is -2.30.